The van der Waals surface area contributed by atoms with Gasteiger partial charge in [0.05, 0.1) is 10.6 Å². The first-order valence-electron chi connectivity index (χ1n) is 4.48. The van der Waals surface area contributed by atoms with E-state index in [1.165, 1.54) is 11.3 Å². The third kappa shape index (κ3) is 4.26. The summed E-state index contributed by atoms with van der Waals surface area (Å²) in [4.78, 5) is 12.4. The molecule has 1 heterocycles. The number of methoxy groups -OCH3 is 1. The summed E-state index contributed by atoms with van der Waals surface area (Å²) in [5.74, 6) is 1.82. The first-order chi connectivity index (χ1) is 6.84. The van der Waals surface area contributed by atoms with Crippen LogP contribution in [0.2, 0.25) is 0 Å². The lowest BCUT2D eigenvalue weighted by Gasteiger charge is -1.99. The smallest absolute Gasteiger partial charge is 0.182 e. The van der Waals surface area contributed by atoms with E-state index in [-0.39, 0.29) is 5.78 Å². The van der Waals surface area contributed by atoms with Crippen LogP contribution in [0.1, 0.15) is 16.1 Å². The van der Waals surface area contributed by atoms with Crippen LogP contribution in [0.15, 0.2) is 17.5 Å². The highest BCUT2D eigenvalue weighted by Crippen LogP contribution is 2.13. The Morgan fingerprint density at radius 3 is 3.14 bits per heavy atom. The van der Waals surface area contributed by atoms with E-state index in [1.807, 2.05) is 17.5 Å². The van der Waals surface area contributed by atoms with Gasteiger partial charge in [-0.1, -0.05) is 6.07 Å². The molecule has 0 saturated heterocycles. The van der Waals surface area contributed by atoms with Crippen molar-refractivity contribution >= 4 is 28.9 Å². The Balaban J connectivity index is 2.10. The number of hydrogen-bond donors (Lipinski definition) is 0. The van der Waals surface area contributed by atoms with Gasteiger partial charge in [0, 0.05) is 13.7 Å². The Hall–Kier alpha value is -0.320. The van der Waals surface area contributed by atoms with Gasteiger partial charge in [-0.05, 0) is 23.6 Å². The van der Waals surface area contributed by atoms with E-state index in [1.54, 1.807) is 18.9 Å². The van der Waals surface area contributed by atoms with Crippen molar-refractivity contribution in [2.75, 3.05) is 25.2 Å². The lowest BCUT2D eigenvalue weighted by Crippen LogP contribution is -2.01. The molecule has 0 aliphatic heterocycles. The van der Waals surface area contributed by atoms with E-state index in [0.29, 0.717) is 5.75 Å². The molecule has 0 fully saturated rings. The number of carbonyl (C=O) groups is 1. The third-order valence-electron chi connectivity index (χ3n) is 1.67. The molecule has 0 atom stereocenters. The molecule has 0 aliphatic carbocycles. The zero-order valence-corrected chi connectivity index (χ0v) is 9.83. The number of ether oxygens (including phenoxy) is 1. The van der Waals surface area contributed by atoms with Gasteiger partial charge in [-0.3, -0.25) is 4.79 Å². The summed E-state index contributed by atoms with van der Waals surface area (Å²) in [7, 11) is 1.70. The Morgan fingerprint density at radius 1 is 1.64 bits per heavy atom. The molecule has 0 radical (unpaired) electrons. The average Bonchev–Trinajstić information content (AvgIpc) is 2.70. The van der Waals surface area contributed by atoms with Gasteiger partial charge in [0.1, 0.15) is 0 Å². The van der Waals surface area contributed by atoms with Crippen molar-refractivity contribution in [1.29, 1.82) is 0 Å². The van der Waals surface area contributed by atoms with E-state index in [9.17, 15) is 4.79 Å². The average molecular weight is 230 g/mol. The van der Waals surface area contributed by atoms with Gasteiger partial charge in [-0.2, -0.15) is 11.8 Å². The Kier molecular flexibility index (Phi) is 5.91. The first-order valence-corrected chi connectivity index (χ1v) is 6.51. The monoisotopic (exact) mass is 230 g/mol. The number of hydrogen-bond acceptors (Lipinski definition) is 4. The second-order valence-corrected chi connectivity index (χ2v) is 4.85. The second kappa shape index (κ2) is 7.04. The summed E-state index contributed by atoms with van der Waals surface area (Å²) < 4.78 is 4.92. The molecule has 1 aromatic rings. The molecule has 1 rings (SSSR count). The van der Waals surface area contributed by atoms with Crippen molar-refractivity contribution in [1.82, 2.24) is 0 Å². The van der Waals surface area contributed by atoms with Crippen LogP contribution in [0.3, 0.4) is 0 Å². The van der Waals surface area contributed by atoms with Crippen molar-refractivity contribution in [2.45, 2.75) is 6.42 Å². The van der Waals surface area contributed by atoms with Gasteiger partial charge >= 0.3 is 0 Å². The van der Waals surface area contributed by atoms with E-state index in [0.717, 1.165) is 23.7 Å². The van der Waals surface area contributed by atoms with Crippen molar-refractivity contribution < 1.29 is 9.53 Å². The molecule has 0 amide bonds. The minimum atomic E-state index is 0.238. The second-order valence-electron chi connectivity index (χ2n) is 2.80. The van der Waals surface area contributed by atoms with Crippen molar-refractivity contribution in [3.63, 3.8) is 0 Å². The molecule has 0 spiro atoms. The highest BCUT2D eigenvalue weighted by molar-refractivity contribution is 7.99. The van der Waals surface area contributed by atoms with E-state index in [2.05, 4.69) is 0 Å². The summed E-state index contributed by atoms with van der Waals surface area (Å²) in [6.07, 6.45) is 1.01. The highest BCUT2D eigenvalue weighted by atomic mass is 32.2. The maximum atomic E-state index is 11.5. The van der Waals surface area contributed by atoms with Crippen LogP contribution in [-0.4, -0.2) is 31.0 Å². The predicted octanol–water partition coefficient (Wildman–Crippen LogP) is 2.70. The molecular formula is C10H14O2S2. The van der Waals surface area contributed by atoms with Crippen LogP contribution in [0.5, 0.6) is 0 Å². The van der Waals surface area contributed by atoms with Crippen LogP contribution in [0.4, 0.5) is 0 Å². The fraction of sp³-hybridized carbons (Fsp3) is 0.500. The molecule has 0 aliphatic rings. The number of Topliss-reactive ketones (excluding diaryl/α,β-unsaturated/α-hetero) is 1. The molecule has 14 heavy (non-hydrogen) atoms. The molecule has 0 saturated carbocycles. The Labute approximate surface area is 92.7 Å². The Bertz CT molecular complexity index is 257. The van der Waals surface area contributed by atoms with E-state index >= 15 is 0 Å². The van der Waals surface area contributed by atoms with Gasteiger partial charge < -0.3 is 4.74 Å². The summed E-state index contributed by atoms with van der Waals surface area (Å²) >= 11 is 3.19. The van der Waals surface area contributed by atoms with Crippen LogP contribution in [-0.2, 0) is 4.74 Å². The minimum absolute atomic E-state index is 0.238. The Morgan fingerprint density at radius 2 is 2.50 bits per heavy atom. The zero-order chi connectivity index (χ0) is 10.2. The van der Waals surface area contributed by atoms with Gasteiger partial charge in [0.15, 0.2) is 5.78 Å². The van der Waals surface area contributed by atoms with Crippen molar-refractivity contribution in [2.24, 2.45) is 0 Å². The van der Waals surface area contributed by atoms with Gasteiger partial charge in [0.25, 0.3) is 0 Å². The summed E-state index contributed by atoms with van der Waals surface area (Å²) in [5.41, 5.74) is 0. The zero-order valence-electron chi connectivity index (χ0n) is 8.19. The van der Waals surface area contributed by atoms with Crippen LogP contribution in [0, 0.1) is 0 Å². The van der Waals surface area contributed by atoms with Crippen LogP contribution in [0.25, 0.3) is 0 Å². The van der Waals surface area contributed by atoms with Crippen molar-refractivity contribution in [3.8, 4) is 0 Å². The molecule has 0 N–H and O–H groups in total. The number of thiophene rings is 1. The lowest BCUT2D eigenvalue weighted by molar-refractivity contribution is 0.102. The first kappa shape index (κ1) is 11.8. The lowest BCUT2D eigenvalue weighted by atomic mass is 10.4. The number of rotatable bonds is 7. The summed E-state index contributed by atoms with van der Waals surface area (Å²) in [6.45, 7) is 0.778. The van der Waals surface area contributed by atoms with Gasteiger partial charge in [-0.25, -0.2) is 0 Å². The largest absolute Gasteiger partial charge is 0.385 e. The molecule has 0 bridgehead atoms. The van der Waals surface area contributed by atoms with Crippen LogP contribution < -0.4 is 0 Å². The van der Waals surface area contributed by atoms with E-state index < -0.39 is 0 Å². The number of thioether (sulfide) groups is 1. The number of ketones is 1. The SMILES string of the molecule is COCCCSCC(=O)c1cccs1. The standard InChI is InChI=1S/C10H14O2S2/c1-12-5-3-6-13-8-9(11)10-4-2-7-14-10/h2,4,7H,3,5-6,8H2,1H3. The molecular weight excluding hydrogens is 216 g/mol. The third-order valence-corrected chi connectivity index (χ3v) is 3.62. The molecule has 1 aromatic heterocycles. The maximum absolute atomic E-state index is 11.5. The highest BCUT2D eigenvalue weighted by Gasteiger charge is 2.05. The molecule has 0 unspecified atom stereocenters. The molecule has 4 heteroatoms. The maximum Gasteiger partial charge on any atom is 0.182 e. The summed E-state index contributed by atoms with van der Waals surface area (Å²) in [6, 6.07) is 3.79. The van der Waals surface area contributed by atoms with Crippen LogP contribution >= 0.6 is 23.1 Å². The molecule has 0 aromatic carbocycles. The summed E-state index contributed by atoms with van der Waals surface area (Å²) in [5, 5.41) is 1.93. The quantitative estimate of drug-likeness (QED) is 0.532. The normalized spacial score (nSPS) is 10.4. The number of carbonyl (C=O) groups excluding carboxylic acids is 1. The van der Waals surface area contributed by atoms with Gasteiger partial charge in [-0.15, -0.1) is 11.3 Å². The fourth-order valence-electron chi connectivity index (χ4n) is 0.979. The topological polar surface area (TPSA) is 26.3 Å². The fourth-order valence-corrected chi connectivity index (χ4v) is 2.54. The molecule has 78 valence electrons. The predicted molar refractivity (Wildman–Crippen MR) is 62.5 cm³/mol. The molecule has 2 nitrogen and oxygen atoms in total. The van der Waals surface area contributed by atoms with Gasteiger partial charge in [0.2, 0.25) is 0 Å². The minimum Gasteiger partial charge on any atom is -0.385 e. The van der Waals surface area contributed by atoms with E-state index in [4.69, 9.17) is 4.74 Å². The van der Waals surface area contributed by atoms with Crippen molar-refractivity contribution in [3.05, 3.63) is 22.4 Å².